The summed E-state index contributed by atoms with van der Waals surface area (Å²) >= 11 is 0. The van der Waals surface area contributed by atoms with Gasteiger partial charge >= 0.3 is 0 Å². The first-order valence-electron chi connectivity index (χ1n) is 8.33. The number of nitrogens with one attached hydrogen (secondary N) is 1. The highest BCUT2D eigenvalue weighted by Crippen LogP contribution is 2.26. The molecule has 3 rings (SSSR count). The van der Waals surface area contributed by atoms with E-state index in [0.717, 1.165) is 5.56 Å². The van der Waals surface area contributed by atoms with Crippen LogP contribution in [0.25, 0.3) is 0 Å². The highest BCUT2D eigenvalue weighted by atomic mass is 19.1. The Balaban J connectivity index is 1.55. The number of carbonyl (C=O) groups excluding carboxylic acids is 1. The topological polar surface area (TPSA) is 58.4 Å². The lowest BCUT2D eigenvalue weighted by Gasteiger charge is -2.20. The van der Waals surface area contributed by atoms with Gasteiger partial charge in [0.1, 0.15) is 17.3 Å². The fourth-order valence-electron chi connectivity index (χ4n) is 3.18. The lowest BCUT2D eigenvalue weighted by molar-refractivity contribution is -0.122. The number of benzene rings is 2. The van der Waals surface area contributed by atoms with Crippen LogP contribution in [-0.4, -0.2) is 25.0 Å². The summed E-state index contributed by atoms with van der Waals surface area (Å²) in [7, 11) is 0. The van der Waals surface area contributed by atoms with Crippen molar-refractivity contribution >= 4 is 11.6 Å². The quantitative estimate of drug-likeness (QED) is 0.876. The Morgan fingerprint density at radius 2 is 1.84 bits per heavy atom. The maximum absolute atomic E-state index is 13.9. The molecule has 1 saturated heterocycles. The molecule has 0 radical (unpaired) electrons. The predicted octanol–water partition coefficient (Wildman–Crippen LogP) is 2.75. The number of nitrogens with zero attached hydrogens (tertiary/aromatic N) is 1. The van der Waals surface area contributed by atoms with Crippen molar-refractivity contribution < 1.29 is 13.6 Å². The monoisotopic (exact) mass is 345 g/mol. The second kappa shape index (κ2) is 7.61. The fourth-order valence-corrected chi connectivity index (χ4v) is 3.18. The first kappa shape index (κ1) is 17.4. The zero-order chi connectivity index (χ0) is 17.8. The average molecular weight is 345 g/mol. The summed E-state index contributed by atoms with van der Waals surface area (Å²) in [5.74, 6) is -1.33. The standard InChI is InChI=1S/C19H21F2N3O/c20-15-7-4-8-16(21)19(15)24-10-9-14(12-24)23-18(25)11-17(22)13-5-2-1-3-6-13/h1-8,14,17H,9-12,22H2,(H,23,25). The summed E-state index contributed by atoms with van der Waals surface area (Å²) in [4.78, 5) is 13.8. The molecule has 1 aliphatic rings. The number of hydrogen-bond acceptors (Lipinski definition) is 3. The Morgan fingerprint density at radius 3 is 2.52 bits per heavy atom. The van der Waals surface area contributed by atoms with Gasteiger partial charge in [-0.25, -0.2) is 8.78 Å². The molecule has 1 amide bonds. The molecular formula is C19H21F2N3O. The Labute approximate surface area is 145 Å². The highest BCUT2D eigenvalue weighted by Gasteiger charge is 2.28. The van der Waals surface area contributed by atoms with E-state index in [1.807, 2.05) is 30.3 Å². The summed E-state index contributed by atoms with van der Waals surface area (Å²) in [6, 6.07) is 12.7. The summed E-state index contributed by atoms with van der Waals surface area (Å²) in [5, 5.41) is 2.91. The van der Waals surface area contributed by atoms with Gasteiger partial charge in [0, 0.05) is 31.6 Å². The van der Waals surface area contributed by atoms with Crippen LogP contribution in [0, 0.1) is 11.6 Å². The fraction of sp³-hybridized carbons (Fsp3) is 0.316. The number of rotatable bonds is 5. The van der Waals surface area contributed by atoms with Crippen LogP contribution >= 0.6 is 0 Å². The van der Waals surface area contributed by atoms with Gasteiger partial charge in [0.15, 0.2) is 0 Å². The van der Waals surface area contributed by atoms with E-state index in [1.165, 1.54) is 18.2 Å². The van der Waals surface area contributed by atoms with Crippen LogP contribution < -0.4 is 16.0 Å². The Bertz CT molecular complexity index is 718. The Kier molecular flexibility index (Phi) is 5.28. The number of amides is 1. The van der Waals surface area contributed by atoms with E-state index in [-0.39, 0.29) is 30.1 Å². The maximum atomic E-state index is 13.9. The molecule has 1 heterocycles. The molecule has 1 aliphatic heterocycles. The summed E-state index contributed by atoms with van der Waals surface area (Å²) < 4.78 is 27.7. The largest absolute Gasteiger partial charge is 0.365 e. The van der Waals surface area contributed by atoms with Crippen LogP contribution in [0.5, 0.6) is 0 Å². The van der Waals surface area contributed by atoms with Crippen molar-refractivity contribution in [2.75, 3.05) is 18.0 Å². The van der Waals surface area contributed by atoms with E-state index < -0.39 is 11.6 Å². The first-order valence-corrected chi connectivity index (χ1v) is 8.33. The normalized spacial score (nSPS) is 18.2. The molecule has 2 aromatic carbocycles. The summed E-state index contributed by atoms with van der Waals surface area (Å²) in [6.45, 7) is 0.873. The van der Waals surface area contributed by atoms with Crippen molar-refractivity contribution in [1.29, 1.82) is 0 Å². The number of hydrogen-bond donors (Lipinski definition) is 2. The molecule has 25 heavy (non-hydrogen) atoms. The zero-order valence-electron chi connectivity index (χ0n) is 13.8. The van der Waals surface area contributed by atoms with Crippen LogP contribution in [0.15, 0.2) is 48.5 Å². The summed E-state index contributed by atoms with van der Waals surface area (Å²) in [5.41, 5.74) is 6.93. The molecule has 1 fully saturated rings. The minimum absolute atomic E-state index is 0.0276. The SMILES string of the molecule is NC(CC(=O)NC1CCN(c2c(F)cccc2F)C1)c1ccccc1. The van der Waals surface area contributed by atoms with Crippen LogP contribution in [0.3, 0.4) is 0 Å². The molecule has 0 spiro atoms. The molecule has 2 unspecified atom stereocenters. The van der Waals surface area contributed by atoms with Crippen molar-refractivity contribution in [1.82, 2.24) is 5.32 Å². The van der Waals surface area contributed by atoms with Crippen molar-refractivity contribution in [3.05, 3.63) is 65.7 Å². The van der Waals surface area contributed by atoms with Crippen molar-refractivity contribution in [3.8, 4) is 0 Å². The molecule has 0 aromatic heterocycles. The van der Waals surface area contributed by atoms with E-state index in [0.29, 0.717) is 19.5 Å². The highest BCUT2D eigenvalue weighted by molar-refractivity contribution is 5.77. The number of anilines is 1. The Hall–Kier alpha value is -2.47. The third kappa shape index (κ3) is 4.14. The van der Waals surface area contributed by atoms with Crippen LogP contribution in [-0.2, 0) is 4.79 Å². The van der Waals surface area contributed by atoms with Gasteiger partial charge in [-0.15, -0.1) is 0 Å². The smallest absolute Gasteiger partial charge is 0.222 e. The third-order valence-electron chi connectivity index (χ3n) is 4.44. The van der Waals surface area contributed by atoms with Gasteiger partial charge in [0.05, 0.1) is 0 Å². The van der Waals surface area contributed by atoms with E-state index in [1.54, 1.807) is 4.90 Å². The van der Waals surface area contributed by atoms with Gasteiger partial charge in [0.2, 0.25) is 5.91 Å². The van der Waals surface area contributed by atoms with Crippen molar-refractivity contribution in [2.45, 2.75) is 24.9 Å². The van der Waals surface area contributed by atoms with E-state index in [4.69, 9.17) is 5.73 Å². The molecule has 132 valence electrons. The molecule has 0 aliphatic carbocycles. The van der Waals surface area contributed by atoms with Crippen LogP contribution in [0.4, 0.5) is 14.5 Å². The molecule has 2 atom stereocenters. The number of nitrogens with two attached hydrogens (primary N) is 1. The molecule has 6 heteroatoms. The molecule has 0 bridgehead atoms. The third-order valence-corrected chi connectivity index (χ3v) is 4.44. The molecule has 3 N–H and O–H groups in total. The van der Waals surface area contributed by atoms with Gasteiger partial charge in [-0.05, 0) is 24.1 Å². The average Bonchev–Trinajstić information content (AvgIpc) is 3.03. The lowest BCUT2D eigenvalue weighted by atomic mass is 10.0. The van der Waals surface area contributed by atoms with Gasteiger partial charge in [-0.3, -0.25) is 4.79 Å². The second-order valence-corrected chi connectivity index (χ2v) is 6.29. The van der Waals surface area contributed by atoms with Crippen LogP contribution in [0.1, 0.15) is 24.4 Å². The lowest BCUT2D eigenvalue weighted by Crippen LogP contribution is -2.38. The molecule has 2 aromatic rings. The Morgan fingerprint density at radius 1 is 1.16 bits per heavy atom. The van der Waals surface area contributed by atoms with Gasteiger partial charge in [0.25, 0.3) is 0 Å². The minimum atomic E-state index is -0.585. The maximum Gasteiger partial charge on any atom is 0.222 e. The minimum Gasteiger partial charge on any atom is -0.365 e. The van der Waals surface area contributed by atoms with Crippen molar-refractivity contribution in [2.24, 2.45) is 5.73 Å². The zero-order valence-corrected chi connectivity index (χ0v) is 13.8. The van der Waals surface area contributed by atoms with Gasteiger partial charge < -0.3 is 16.0 Å². The second-order valence-electron chi connectivity index (χ2n) is 6.29. The van der Waals surface area contributed by atoms with Gasteiger partial charge in [-0.2, -0.15) is 0 Å². The summed E-state index contributed by atoms with van der Waals surface area (Å²) in [6.07, 6.45) is 0.814. The number of carbonyl (C=O) groups is 1. The van der Waals surface area contributed by atoms with Crippen LogP contribution in [0.2, 0.25) is 0 Å². The van der Waals surface area contributed by atoms with E-state index in [9.17, 15) is 13.6 Å². The predicted molar refractivity (Wildman–Crippen MR) is 93.1 cm³/mol. The molecule has 4 nitrogen and oxygen atoms in total. The van der Waals surface area contributed by atoms with E-state index in [2.05, 4.69) is 5.32 Å². The molecule has 0 saturated carbocycles. The molecular weight excluding hydrogens is 324 g/mol. The number of para-hydroxylation sites is 1. The van der Waals surface area contributed by atoms with Gasteiger partial charge in [-0.1, -0.05) is 36.4 Å². The number of halogens is 2. The van der Waals surface area contributed by atoms with E-state index >= 15 is 0 Å². The van der Waals surface area contributed by atoms with Crippen molar-refractivity contribution in [3.63, 3.8) is 0 Å². The first-order chi connectivity index (χ1) is 12.0.